The number of anilines is 1. The fourth-order valence-electron chi connectivity index (χ4n) is 3.67. The van der Waals surface area contributed by atoms with Crippen molar-refractivity contribution in [2.75, 3.05) is 11.9 Å². The van der Waals surface area contributed by atoms with E-state index in [9.17, 15) is 4.79 Å². The van der Waals surface area contributed by atoms with Crippen molar-refractivity contribution in [2.45, 2.75) is 51.4 Å². The van der Waals surface area contributed by atoms with Gasteiger partial charge in [0.05, 0.1) is 12.0 Å². The number of benzene rings is 2. The van der Waals surface area contributed by atoms with Crippen LogP contribution in [0.5, 0.6) is 5.75 Å². The van der Waals surface area contributed by atoms with Crippen LogP contribution < -0.4 is 10.1 Å². The summed E-state index contributed by atoms with van der Waals surface area (Å²) in [4.78, 5) is 13.2. The lowest BCUT2D eigenvalue weighted by Gasteiger charge is -2.28. The Morgan fingerprint density at radius 3 is 2.48 bits per heavy atom. The van der Waals surface area contributed by atoms with Crippen LogP contribution in [0.2, 0.25) is 0 Å². The molecule has 132 valence electrons. The molecule has 1 aliphatic rings. The predicted molar refractivity (Wildman–Crippen MR) is 102 cm³/mol. The molecule has 3 heteroatoms. The van der Waals surface area contributed by atoms with Gasteiger partial charge in [-0.15, -0.1) is 0 Å². The Morgan fingerprint density at radius 2 is 1.84 bits per heavy atom. The molecule has 1 amide bonds. The summed E-state index contributed by atoms with van der Waals surface area (Å²) in [5.41, 5.74) is 2.77. The molecule has 1 aliphatic carbocycles. The van der Waals surface area contributed by atoms with Gasteiger partial charge in [-0.2, -0.15) is 0 Å². The van der Waals surface area contributed by atoms with Crippen molar-refractivity contribution in [2.24, 2.45) is 0 Å². The minimum atomic E-state index is -0.399. The molecule has 0 spiro atoms. The van der Waals surface area contributed by atoms with Gasteiger partial charge in [0.2, 0.25) is 5.91 Å². The van der Waals surface area contributed by atoms with Gasteiger partial charge in [-0.05, 0) is 56.0 Å². The second-order valence-corrected chi connectivity index (χ2v) is 6.99. The van der Waals surface area contributed by atoms with Crippen LogP contribution in [0, 0.1) is 6.92 Å². The Balaban J connectivity index is 1.78. The summed E-state index contributed by atoms with van der Waals surface area (Å²) in [6.45, 7) is 4.88. The predicted octanol–water partition coefficient (Wildman–Crippen LogP) is 5.23. The minimum Gasteiger partial charge on any atom is -0.494 e. The Morgan fingerprint density at radius 1 is 1.12 bits per heavy atom. The van der Waals surface area contributed by atoms with Crippen LogP contribution in [-0.4, -0.2) is 12.5 Å². The fourth-order valence-corrected chi connectivity index (χ4v) is 3.67. The van der Waals surface area contributed by atoms with Crippen molar-refractivity contribution < 1.29 is 9.53 Å². The summed E-state index contributed by atoms with van der Waals surface area (Å²) in [7, 11) is 0. The standard InChI is InChI=1S/C22H27NO2/c1-3-15-25-20-11-9-19(10-12-20)23-21(24)22(13-4-5-14-22)18-8-6-7-17(2)16-18/h6-12,16H,3-5,13-15H2,1-2H3,(H,23,24). The molecule has 2 aromatic rings. The van der Waals surface area contributed by atoms with Crippen LogP contribution in [0.4, 0.5) is 5.69 Å². The van der Waals surface area contributed by atoms with Gasteiger partial charge in [-0.3, -0.25) is 4.79 Å². The van der Waals surface area contributed by atoms with Crippen molar-refractivity contribution in [3.05, 3.63) is 59.7 Å². The average molecular weight is 337 g/mol. The topological polar surface area (TPSA) is 38.3 Å². The highest BCUT2D eigenvalue weighted by molar-refractivity contribution is 5.99. The van der Waals surface area contributed by atoms with Crippen molar-refractivity contribution in [1.29, 1.82) is 0 Å². The van der Waals surface area contributed by atoms with Gasteiger partial charge in [0, 0.05) is 5.69 Å². The molecular formula is C22H27NO2. The zero-order valence-corrected chi connectivity index (χ0v) is 15.2. The molecule has 25 heavy (non-hydrogen) atoms. The average Bonchev–Trinajstić information content (AvgIpc) is 3.12. The van der Waals surface area contributed by atoms with E-state index in [1.54, 1.807) is 0 Å². The van der Waals surface area contributed by atoms with Crippen LogP contribution in [0.1, 0.15) is 50.2 Å². The van der Waals surface area contributed by atoms with Gasteiger partial charge in [-0.25, -0.2) is 0 Å². The summed E-state index contributed by atoms with van der Waals surface area (Å²) in [6.07, 6.45) is 5.02. The molecule has 2 aromatic carbocycles. The first-order valence-electron chi connectivity index (χ1n) is 9.25. The van der Waals surface area contributed by atoms with E-state index in [0.29, 0.717) is 6.61 Å². The molecule has 0 radical (unpaired) electrons. The van der Waals surface area contributed by atoms with Crippen molar-refractivity contribution in [1.82, 2.24) is 0 Å². The zero-order valence-electron chi connectivity index (χ0n) is 15.2. The Bertz CT molecular complexity index is 715. The van der Waals surface area contributed by atoms with Gasteiger partial charge in [0.1, 0.15) is 5.75 Å². The Kier molecular flexibility index (Phi) is 5.42. The molecule has 1 fully saturated rings. The molecule has 0 bridgehead atoms. The van der Waals surface area contributed by atoms with E-state index < -0.39 is 5.41 Å². The smallest absolute Gasteiger partial charge is 0.235 e. The highest BCUT2D eigenvalue weighted by atomic mass is 16.5. The number of rotatable bonds is 6. The summed E-state index contributed by atoms with van der Waals surface area (Å²) in [6, 6.07) is 16.1. The quantitative estimate of drug-likeness (QED) is 0.783. The summed E-state index contributed by atoms with van der Waals surface area (Å²) >= 11 is 0. The monoisotopic (exact) mass is 337 g/mol. The largest absolute Gasteiger partial charge is 0.494 e. The van der Waals surface area contributed by atoms with E-state index in [2.05, 4.69) is 43.4 Å². The number of carbonyl (C=O) groups is 1. The molecule has 3 nitrogen and oxygen atoms in total. The molecule has 0 unspecified atom stereocenters. The molecule has 0 aromatic heterocycles. The minimum absolute atomic E-state index is 0.109. The van der Waals surface area contributed by atoms with Gasteiger partial charge in [-0.1, -0.05) is 49.6 Å². The van der Waals surface area contributed by atoms with Crippen LogP contribution in [0.15, 0.2) is 48.5 Å². The molecule has 0 saturated heterocycles. The fraction of sp³-hybridized carbons (Fsp3) is 0.409. The molecule has 0 atom stereocenters. The maximum absolute atomic E-state index is 13.2. The molecule has 1 N–H and O–H groups in total. The van der Waals surface area contributed by atoms with Crippen molar-refractivity contribution in [3.8, 4) is 5.75 Å². The van der Waals surface area contributed by atoms with E-state index in [4.69, 9.17) is 4.74 Å². The summed E-state index contributed by atoms with van der Waals surface area (Å²) < 4.78 is 5.60. The normalized spacial score (nSPS) is 15.8. The van der Waals surface area contributed by atoms with Gasteiger partial charge in [0.25, 0.3) is 0 Å². The molecule has 0 aliphatic heterocycles. The van der Waals surface area contributed by atoms with E-state index in [-0.39, 0.29) is 5.91 Å². The Hall–Kier alpha value is -2.29. The number of amides is 1. The molecular weight excluding hydrogens is 310 g/mol. The highest BCUT2D eigenvalue weighted by Gasteiger charge is 2.42. The second kappa shape index (κ2) is 7.73. The molecule has 3 rings (SSSR count). The first kappa shape index (κ1) is 17.5. The van der Waals surface area contributed by atoms with Crippen molar-refractivity contribution >= 4 is 11.6 Å². The van der Waals surface area contributed by atoms with Gasteiger partial charge < -0.3 is 10.1 Å². The zero-order chi connectivity index (χ0) is 17.7. The maximum atomic E-state index is 13.2. The highest BCUT2D eigenvalue weighted by Crippen LogP contribution is 2.42. The van der Waals surface area contributed by atoms with Crippen LogP contribution in [0.3, 0.4) is 0 Å². The van der Waals surface area contributed by atoms with Crippen LogP contribution >= 0.6 is 0 Å². The summed E-state index contributed by atoms with van der Waals surface area (Å²) in [5, 5.41) is 3.13. The van der Waals surface area contributed by atoms with Gasteiger partial charge in [0.15, 0.2) is 0 Å². The third kappa shape index (κ3) is 3.87. The second-order valence-electron chi connectivity index (χ2n) is 6.99. The first-order chi connectivity index (χ1) is 12.1. The number of hydrogen-bond acceptors (Lipinski definition) is 2. The van der Waals surface area contributed by atoms with Gasteiger partial charge >= 0.3 is 0 Å². The Labute approximate surface area is 150 Å². The first-order valence-corrected chi connectivity index (χ1v) is 9.25. The van der Waals surface area contributed by atoms with E-state index >= 15 is 0 Å². The molecule has 0 heterocycles. The van der Waals surface area contributed by atoms with Crippen molar-refractivity contribution in [3.63, 3.8) is 0 Å². The van der Waals surface area contributed by atoms with E-state index in [0.717, 1.165) is 49.1 Å². The lowest BCUT2D eigenvalue weighted by molar-refractivity contribution is -0.121. The number of aryl methyl sites for hydroxylation is 1. The SMILES string of the molecule is CCCOc1ccc(NC(=O)C2(c3cccc(C)c3)CCCC2)cc1. The number of hydrogen-bond donors (Lipinski definition) is 1. The number of nitrogens with one attached hydrogen (secondary N) is 1. The summed E-state index contributed by atoms with van der Waals surface area (Å²) in [5.74, 6) is 0.951. The van der Waals surface area contributed by atoms with Crippen LogP contribution in [-0.2, 0) is 10.2 Å². The third-order valence-electron chi connectivity index (χ3n) is 5.05. The van der Waals surface area contributed by atoms with Crippen LogP contribution in [0.25, 0.3) is 0 Å². The lowest BCUT2D eigenvalue weighted by atomic mass is 9.77. The molecule has 1 saturated carbocycles. The maximum Gasteiger partial charge on any atom is 0.235 e. The lowest BCUT2D eigenvalue weighted by Crippen LogP contribution is -2.38. The number of carbonyl (C=O) groups excluding carboxylic acids is 1. The van der Waals surface area contributed by atoms with E-state index in [1.807, 2.05) is 24.3 Å². The van der Waals surface area contributed by atoms with E-state index in [1.165, 1.54) is 5.56 Å². The number of ether oxygens (including phenoxy) is 1. The third-order valence-corrected chi connectivity index (χ3v) is 5.05.